The molecule has 84 valence electrons. The summed E-state index contributed by atoms with van der Waals surface area (Å²) in [4.78, 5) is 2.49. The Morgan fingerprint density at radius 2 is 2.07 bits per heavy atom. The predicted molar refractivity (Wildman–Crippen MR) is 63.9 cm³/mol. The summed E-state index contributed by atoms with van der Waals surface area (Å²) in [5, 5.41) is 0. The first-order valence-corrected chi connectivity index (χ1v) is 6.41. The van der Waals surface area contributed by atoms with Crippen molar-refractivity contribution < 1.29 is 0 Å². The Morgan fingerprint density at radius 3 is 2.57 bits per heavy atom. The molecule has 0 aromatic rings. The van der Waals surface area contributed by atoms with Crippen molar-refractivity contribution in [1.82, 2.24) is 4.90 Å². The first kappa shape index (κ1) is 12.3. The smallest absolute Gasteiger partial charge is 0.0225 e. The van der Waals surface area contributed by atoms with E-state index in [0.717, 1.165) is 30.1 Å². The van der Waals surface area contributed by atoms with Gasteiger partial charge in [-0.1, -0.05) is 13.8 Å². The van der Waals surface area contributed by atoms with Gasteiger partial charge in [-0.05, 0) is 50.6 Å². The lowest BCUT2D eigenvalue weighted by Gasteiger charge is -2.18. The Balaban J connectivity index is 1.99. The van der Waals surface area contributed by atoms with Gasteiger partial charge in [0.2, 0.25) is 0 Å². The van der Waals surface area contributed by atoms with Gasteiger partial charge in [0, 0.05) is 12.4 Å². The molecule has 1 fully saturated rings. The van der Waals surface area contributed by atoms with E-state index in [1.165, 1.54) is 25.9 Å². The number of alkyl halides is 1. The molecule has 0 aromatic heterocycles. The Hall–Kier alpha value is 0.250. The highest BCUT2D eigenvalue weighted by molar-refractivity contribution is 6.17. The zero-order valence-electron chi connectivity index (χ0n) is 9.80. The van der Waals surface area contributed by atoms with E-state index in [1.54, 1.807) is 0 Å². The van der Waals surface area contributed by atoms with Crippen LogP contribution in [0.5, 0.6) is 0 Å². The fourth-order valence-corrected chi connectivity index (χ4v) is 2.29. The molecular formula is C12H24ClN. The molecule has 0 N–H and O–H groups in total. The van der Waals surface area contributed by atoms with Gasteiger partial charge in [0.15, 0.2) is 0 Å². The maximum absolute atomic E-state index is 5.71. The average Bonchev–Trinajstić information content (AvgIpc) is 2.79. The molecule has 0 saturated heterocycles. The summed E-state index contributed by atoms with van der Waals surface area (Å²) in [5.74, 6) is 3.57. The molecule has 14 heavy (non-hydrogen) atoms. The van der Waals surface area contributed by atoms with Crippen molar-refractivity contribution in [1.29, 1.82) is 0 Å². The van der Waals surface area contributed by atoms with E-state index < -0.39 is 0 Å². The highest BCUT2D eigenvalue weighted by atomic mass is 35.5. The highest BCUT2D eigenvalue weighted by Crippen LogP contribution is 2.37. The van der Waals surface area contributed by atoms with Crippen LogP contribution in [0.15, 0.2) is 0 Å². The van der Waals surface area contributed by atoms with E-state index in [-0.39, 0.29) is 0 Å². The second kappa shape index (κ2) is 5.97. The molecule has 0 amide bonds. The molecule has 1 aliphatic rings. The van der Waals surface area contributed by atoms with Crippen LogP contribution in [-0.2, 0) is 0 Å². The molecule has 0 radical (unpaired) electrons. The minimum atomic E-state index is 0.784. The van der Waals surface area contributed by atoms with Crippen LogP contribution >= 0.6 is 11.6 Å². The van der Waals surface area contributed by atoms with Gasteiger partial charge >= 0.3 is 0 Å². The van der Waals surface area contributed by atoms with Gasteiger partial charge in [-0.3, -0.25) is 0 Å². The van der Waals surface area contributed by atoms with Gasteiger partial charge in [0.25, 0.3) is 0 Å². The minimum Gasteiger partial charge on any atom is -0.306 e. The number of hydrogen-bond donors (Lipinski definition) is 0. The van der Waals surface area contributed by atoms with E-state index in [1.807, 2.05) is 0 Å². The molecule has 0 bridgehead atoms. The Kier molecular flexibility index (Phi) is 5.25. The quantitative estimate of drug-likeness (QED) is 0.592. The van der Waals surface area contributed by atoms with Gasteiger partial charge in [-0.2, -0.15) is 0 Å². The number of rotatable bonds is 7. The van der Waals surface area contributed by atoms with E-state index in [2.05, 4.69) is 25.8 Å². The predicted octanol–water partition coefficient (Wildman–Crippen LogP) is 3.23. The van der Waals surface area contributed by atoms with Gasteiger partial charge in [0.05, 0.1) is 0 Å². The largest absolute Gasteiger partial charge is 0.306 e. The summed E-state index contributed by atoms with van der Waals surface area (Å²) in [6.45, 7) is 7.20. The summed E-state index contributed by atoms with van der Waals surface area (Å²) in [7, 11) is 2.25. The molecule has 1 nitrogen and oxygen atoms in total. The van der Waals surface area contributed by atoms with Crippen LogP contribution in [0.25, 0.3) is 0 Å². The monoisotopic (exact) mass is 217 g/mol. The molecule has 1 aliphatic carbocycles. The lowest BCUT2D eigenvalue weighted by molar-refractivity contribution is 0.288. The average molecular weight is 218 g/mol. The fourth-order valence-electron chi connectivity index (χ4n) is 1.92. The summed E-state index contributed by atoms with van der Waals surface area (Å²) < 4.78 is 0. The lowest BCUT2D eigenvalue weighted by atomic mass is 10.1. The second-order valence-corrected chi connectivity index (χ2v) is 5.48. The third-order valence-corrected chi connectivity index (χ3v) is 3.65. The molecule has 0 aromatic carbocycles. The first-order valence-electron chi connectivity index (χ1n) is 5.88. The molecule has 3 unspecified atom stereocenters. The first-order chi connectivity index (χ1) is 6.63. The maximum atomic E-state index is 5.71. The maximum Gasteiger partial charge on any atom is 0.0225 e. The normalized spacial score (nSPS) is 28.1. The highest BCUT2D eigenvalue weighted by Gasteiger charge is 2.32. The number of halogens is 1. The van der Waals surface area contributed by atoms with E-state index in [4.69, 9.17) is 11.6 Å². The number of hydrogen-bond acceptors (Lipinski definition) is 1. The van der Waals surface area contributed by atoms with Crippen molar-refractivity contribution >= 4 is 11.6 Å². The van der Waals surface area contributed by atoms with Gasteiger partial charge in [-0.15, -0.1) is 11.6 Å². The van der Waals surface area contributed by atoms with Crippen molar-refractivity contribution in [2.75, 3.05) is 26.0 Å². The van der Waals surface area contributed by atoms with Gasteiger partial charge in [0.1, 0.15) is 0 Å². The third kappa shape index (κ3) is 4.65. The third-order valence-electron chi connectivity index (χ3n) is 3.43. The zero-order chi connectivity index (χ0) is 10.6. The number of nitrogens with zero attached hydrogens (tertiary/aromatic N) is 1. The van der Waals surface area contributed by atoms with Crippen LogP contribution in [0.1, 0.15) is 33.1 Å². The molecule has 0 spiro atoms. The summed E-state index contributed by atoms with van der Waals surface area (Å²) >= 11 is 5.71. The van der Waals surface area contributed by atoms with Crippen LogP contribution in [0.2, 0.25) is 0 Å². The lowest BCUT2D eigenvalue weighted by Crippen LogP contribution is -2.24. The van der Waals surface area contributed by atoms with Crippen molar-refractivity contribution in [3.05, 3.63) is 0 Å². The summed E-state index contributed by atoms with van der Waals surface area (Å²) in [6, 6.07) is 0. The second-order valence-electron chi connectivity index (χ2n) is 5.11. The van der Waals surface area contributed by atoms with Crippen molar-refractivity contribution in [2.24, 2.45) is 17.8 Å². The SMILES string of the molecule is CC(CCCl)CCN(C)CC1CC1C. The molecular weight excluding hydrogens is 194 g/mol. The van der Waals surface area contributed by atoms with Gasteiger partial charge < -0.3 is 4.90 Å². The van der Waals surface area contributed by atoms with Crippen LogP contribution < -0.4 is 0 Å². The Morgan fingerprint density at radius 1 is 1.43 bits per heavy atom. The van der Waals surface area contributed by atoms with Crippen LogP contribution in [0.3, 0.4) is 0 Å². The molecule has 2 heteroatoms. The van der Waals surface area contributed by atoms with Gasteiger partial charge in [-0.25, -0.2) is 0 Å². The summed E-state index contributed by atoms with van der Waals surface area (Å²) in [6.07, 6.45) is 3.90. The Labute approximate surface area is 93.8 Å². The molecule has 0 aliphatic heterocycles. The van der Waals surface area contributed by atoms with E-state index >= 15 is 0 Å². The zero-order valence-corrected chi connectivity index (χ0v) is 10.6. The van der Waals surface area contributed by atoms with Crippen LogP contribution in [0, 0.1) is 17.8 Å². The van der Waals surface area contributed by atoms with Crippen molar-refractivity contribution in [3.63, 3.8) is 0 Å². The van der Waals surface area contributed by atoms with Crippen LogP contribution in [-0.4, -0.2) is 30.9 Å². The topological polar surface area (TPSA) is 3.24 Å². The van der Waals surface area contributed by atoms with E-state index in [0.29, 0.717) is 0 Å². The summed E-state index contributed by atoms with van der Waals surface area (Å²) in [5.41, 5.74) is 0. The van der Waals surface area contributed by atoms with Crippen LogP contribution in [0.4, 0.5) is 0 Å². The van der Waals surface area contributed by atoms with Crippen molar-refractivity contribution in [2.45, 2.75) is 33.1 Å². The molecule has 0 heterocycles. The molecule has 3 atom stereocenters. The minimum absolute atomic E-state index is 0.784. The van der Waals surface area contributed by atoms with E-state index in [9.17, 15) is 0 Å². The Bertz CT molecular complexity index is 160. The molecule has 1 saturated carbocycles. The fraction of sp³-hybridized carbons (Fsp3) is 1.00. The van der Waals surface area contributed by atoms with Crippen molar-refractivity contribution in [3.8, 4) is 0 Å². The standard InChI is InChI=1S/C12H24ClN/c1-10(4-6-13)5-7-14(3)9-12-8-11(12)2/h10-12H,4-9H2,1-3H3. The molecule has 1 rings (SSSR count).